The third-order valence-electron chi connectivity index (χ3n) is 2.08. The van der Waals surface area contributed by atoms with Crippen molar-refractivity contribution in [3.8, 4) is 5.75 Å². The van der Waals surface area contributed by atoms with Crippen LogP contribution >= 0.6 is 0 Å². The number of benzene rings is 1. The molecule has 0 aliphatic heterocycles. The zero-order valence-electron chi connectivity index (χ0n) is 8.31. The minimum Gasteiger partial charge on any atom is -0.496 e. The number of methoxy groups -OCH3 is 2. The van der Waals surface area contributed by atoms with Crippen LogP contribution in [0.3, 0.4) is 0 Å². The number of nitrogens with zero attached hydrogens (tertiary/aromatic N) is 1. The summed E-state index contributed by atoms with van der Waals surface area (Å²) in [5, 5.41) is 4.36. The van der Waals surface area contributed by atoms with Gasteiger partial charge in [-0.15, -0.1) is 0 Å². The van der Waals surface area contributed by atoms with E-state index >= 15 is 0 Å². The summed E-state index contributed by atoms with van der Waals surface area (Å²) >= 11 is 0. The number of ether oxygens (including phenoxy) is 2. The van der Waals surface area contributed by atoms with Gasteiger partial charge in [0.2, 0.25) is 0 Å². The number of hydrogen-bond acceptors (Lipinski definition) is 5. The Bertz CT molecular complexity index is 503. The molecule has 0 fully saturated rings. The molecule has 0 amide bonds. The summed E-state index contributed by atoms with van der Waals surface area (Å²) < 4.78 is 14.7. The molecule has 0 radical (unpaired) electrons. The molecule has 0 N–H and O–H groups in total. The maximum Gasteiger partial charge on any atom is 0.338 e. The molecule has 2 aromatic rings. The van der Waals surface area contributed by atoms with Crippen LogP contribution in [0.4, 0.5) is 0 Å². The van der Waals surface area contributed by atoms with Crippen LogP contribution in [0.2, 0.25) is 0 Å². The fourth-order valence-electron chi connectivity index (χ4n) is 1.34. The van der Waals surface area contributed by atoms with Crippen molar-refractivity contribution in [2.75, 3.05) is 14.2 Å². The van der Waals surface area contributed by atoms with Crippen molar-refractivity contribution in [2.45, 2.75) is 0 Å². The Labute approximate surface area is 85.6 Å². The second-order valence-electron chi connectivity index (χ2n) is 2.91. The SMILES string of the molecule is COC(=O)c1cc(OC)c2cnoc2c1. The fourth-order valence-corrected chi connectivity index (χ4v) is 1.34. The van der Waals surface area contributed by atoms with Crippen molar-refractivity contribution in [3.05, 3.63) is 23.9 Å². The molecule has 0 spiro atoms. The van der Waals surface area contributed by atoms with Crippen LogP contribution in [0.25, 0.3) is 11.0 Å². The summed E-state index contributed by atoms with van der Waals surface area (Å²) in [4.78, 5) is 11.3. The molecule has 5 heteroatoms. The quantitative estimate of drug-likeness (QED) is 0.700. The van der Waals surface area contributed by atoms with Gasteiger partial charge in [-0.1, -0.05) is 5.16 Å². The van der Waals surface area contributed by atoms with E-state index < -0.39 is 5.97 Å². The van der Waals surface area contributed by atoms with Crippen molar-refractivity contribution < 1.29 is 18.8 Å². The fraction of sp³-hybridized carbons (Fsp3) is 0.200. The first kappa shape index (κ1) is 9.51. The topological polar surface area (TPSA) is 61.6 Å². The summed E-state index contributed by atoms with van der Waals surface area (Å²) in [6.45, 7) is 0. The Morgan fingerprint density at radius 2 is 2.20 bits per heavy atom. The molecule has 0 aliphatic carbocycles. The number of carbonyl (C=O) groups excluding carboxylic acids is 1. The van der Waals surface area contributed by atoms with Crippen LogP contribution in [0, 0.1) is 0 Å². The van der Waals surface area contributed by atoms with Gasteiger partial charge in [-0.25, -0.2) is 4.79 Å². The smallest absolute Gasteiger partial charge is 0.338 e. The molecule has 0 saturated carbocycles. The Morgan fingerprint density at radius 3 is 2.87 bits per heavy atom. The highest BCUT2D eigenvalue weighted by molar-refractivity contribution is 5.96. The minimum absolute atomic E-state index is 0.374. The Kier molecular flexibility index (Phi) is 2.29. The van der Waals surface area contributed by atoms with Crippen LogP contribution in [0.5, 0.6) is 5.75 Å². The predicted octanol–water partition coefficient (Wildman–Crippen LogP) is 1.62. The molecular formula is C10H9NO4. The molecule has 1 aromatic heterocycles. The number of esters is 1. The van der Waals surface area contributed by atoms with Gasteiger partial charge >= 0.3 is 5.97 Å². The van der Waals surface area contributed by atoms with E-state index in [-0.39, 0.29) is 0 Å². The van der Waals surface area contributed by atoms with Crippen molar-refractivity contribution in [1.82, 2.24) is 5.16 Å². The highest BCUT2D eigenvalue weighted by Crippen LogP contribution is 2.27. The molecule has 0 bridgehead atoms. The second-order valence-corrected chi connectivity index (χ2v) is 2.91. The van der Waals surface area contributed by atoms with Gasteiger partial charge in [-0.3, -0.25) is 0 Å². The maximum absolute atomic E-state index is 11.3. The summed E-state index contributed by atoms with van der Waals surface area (Å²) in [5.41, 5.74) is 0.869. The monoisotopic (exact) mass is 207 g/mol. The van der Waals surface area contributed by atoms with Crippen molar-refractivity contribution >= 4 is 16.9 Å². The predicted molar refractivity (Wildman–Crippen MR) is 51.9 cm³/mol. The minimum atomic E-state index is -0.438. The maximum atomic E-state index is 11.3. The molecule has 78 valence electrons. The van der Waals surface area contributed by atoms with Crippen molar-refractivity contribution in [1.29, 1.82) is 0 Å². The van der Waals surface area contributed by atoms with Crippen LogP contribution in [0.15, 0.2) is 22.9 Å². The van der Waals surface area contributed by atoms with Gasteiger partial charge in [0, 0.05) is 0 Å². The van der Waals surface area contributed by atoms with Gasteiger partial charge in [-0.2, -0.15) is 0 Å². The van der Waals surface area contributed by atoms with Crippen LogP contribution < -0.4 is 4.74 Å². The lowest BCUT2D eigenvalue weighted by Crippen LogP contribution is -2.01. The van der Waals surface area contributed by atoms with E-state index in [4.69, 9.17) is 9.26 Å². The van der Waals surface area contributed by atoms with E-state index in [1.165, 1.54) is 20.4 Å². The average molecular weight is 207 g/mol. The number of hydrogen-bond donors (Lipinski definition) is 0. The molecule has 0 aliphatic rings. The van der Waals surface area contributed by atoms with Crippen molar-refractivity contribution in [3.63, 3.8) is 0 Å². The Morgan fingerprint density at radius 1 is 1.40 bits per heavy atom. The molecule has 1 aromatic carbocycles. The molecule has 0 atom stereocenters. The molecule has 15 heavy (non-hydrogen) atoms. The number of fused-ring (bicyclic) bond motifs is 1. The first-order valence-corrected chi connectivity index (χ1v) is 4.27. The van der Waals surface area contributed by atoms with E-state index in [0.29, 0.717) is 16.9 Å². The lowest BCUT2D eigenvalue weighted by Gasteiger charge is -2.03. The molecule has 5 nitrogen and oxygen atoms in total. The molecule has 0 saturated heterocycles. The van der Waals surface area contributed by atoms with Gasteiger partial charge < -0.3 is 14.0 Å². The largest absolute Gasteiger partial charge is 0.496 e. The summed E-state index contributed by atoms with van der Waals surface area (Å²) in [6.07, 6.45) is 1.54. The molecular weight excluding hydrogens is 198 g/mol. The van der Waals surface area contributed by atoms with Crippen LogP contribution in [-0.2, 0) is 4.74 Å². The van der Waals surface area contributed by atoms with E-state index in [0.717, 1.165) is 5.39 Å². The molecule has 1 heterocycles. The summed E-state index contributed by atoms with van der Waals surface area (Å²) in [5.74, 6) is 0.0979. The first-order chi connectivity index (χ1) is 7.26. The molecule has 0 unspecified atom stereocenters. The molecule has 2 rings (SSSR count). The van der Waals surface area contributed by atoms with Crippen molar-refractivity contribution in [2.24, 2.45) is 0 Å². The first-order valence-electron chi connectivity index (χ1n) is 4.27. The highest BCUT2D eigenvalue weighted by atomic mass is 16.5. The number of carbonyl (C=O) groups is 1. The third kappa shape index (κ3) is 1.52. The lowest BCUT2D eigenvalue weighted by atomic mass is 10.1. The second kappa shape index (κ2) is 3.61. The lowest BCUT2D eigenvalue weighted by molar-refractivity contribution is 0.0600. The van der Waals surface area contributed by atoms with Gasteiger partial charge in [0.15, 0.2) is 5.58 Å². The Balaban J connectivity index is 2.63. The van der Waals surface area contributed by atoms with Crippen LogP contribution in [0.1, 0.15) is 10.4 Å². The average Bonchev–Trinajstić information content (AvgIpc) is 2.74. The van der Waals surface area contributed by atoms with Gasteiger partial charge in [0.1, 0.15) is 5.75 Å². The highest BCUT2D eigenvalue weighted by Gasteiger charge is 2.13. The number of rotatable bonds is 2. The van der Waals surface area contributed by atoms with E-state index in [1.807, 2.05) is 0 Å². The summed E-state index contributed by atoms with van der Waals surface area (Å²) in [7, 11) is 2.84. The van der Waals surface area contributed by atoms with Gasteiger partial charge in [0.25, 0.3) is 0 Å². The summed E-state index contributed by atoms with van der Waals surface area (Å²) in [6, 6.07) is 3.15. The third-order valence-corrected chi connectivity index (χ3v) is 2.08. The van der Waals surface area contributed by atoms with Gasteiger partial charge in [0.05, 0.1) is 31.4 Å². The normalized spacial score (nSPS) is 10.3. The van der Waals surface area contributed by atoms with Crippen LogP contribution in [-0.4, -0.2) is 25.3 Å². The zero-order chi connectivity index (χ0) is 10.8. The Hall–Kier alpha value is -2.04. The standard InChI is InChI=1S/C10H9NO4/c1-13-8-3-6(10(12)14-2)4-9-7(8)5-11-15-9/h3-5H,1-2H3. The van der Waals surface area contributed by atoms with Gasteiger partial charge in [-0.05, 0) is 12.1 Å². The zero-order valence-corrected chi connectivity index (χ0v) is 8.31. The van der Waals surface area contributed by atoms with E-state index in [1.54, 1.807) is 12.1 Å². The van der Waals surface area contributed by atoms with E-state index in [9.17, 15) is 4.79 Å². The number of aromatic nitrogens is 1. The van der Waals surface area contributed by atoms with E-state index in [2.05, 4.69) is 9.89 Å².